The van der Waals surface area contributed by atoms with Crippen molar-refractivity contribution in [1.82, 2.24) is 9.97 Å². The van der Waals surface area contributed by atoms with Gasteiger partial charge in [-0.1, -0.05) is 160 Å². The molecule has 0 atom stereocenters. The Morgan fingerprint density at radius 2 is 0.934 bits per heavy atom. The molecule has 2 heterocycles. The third-order valence-electron chi connectivity index (χ3n) is 15.1. The highest BCUT2D eigenvalue weighted by Gasteiger charge is 2.49. The van der Waals surface area contributed by atoms with Crippen molar-refractivity contribution < 1.29 is 0 Å². The molecule has 0 bridgehead atoms. The topological polar surface area (TPSA) is 25.8 Å². The van der Waals surface area contributed by atoms with E-state index in [1.807, 2.05) is 17.4 Å². The Labute approximate surface area is 362 Å². The highest BCUT2D eigenvalue weighted by atomic mass is 32.1. The van der Waals surface area contributed by atoms with Crippen molar-refractivity contribution >= 4 is 31.5 Å². The van der Waals surface area contributed by atoms with Crippen LogP contribution < -0.4 is 0 Å². The van der Waals surface area contributed by atoms with E-state index in [1.165, 1.54) is 118 Å². The van der Waals surface area contributed by atoms with E-state index in [-0.39, 0.29) is 10.8 Å². The predicted molar refractivity (Wildman–Crippen MR) is 255 cm³/mol. The second-order valence-electron chi connectivity index (χ2n) is 18.2. The average molecular weight is 803 g/mol. The van der Waals surface area contributed by atoms with Gasteiger partial charge in [-0.25, -0.2) is 9.97 Å². The van der Waals surface area contributed by atoms with Crippen molar-refractivity contribution in [2.45, 2.75) is 75.0 Å². The minimum Gasteiger partial charge on any atom is -0.228 e. The summed E-state index contributed by atoms with van der Waals surface area (Å²) in [6.07, 6.45) is 13.0. The van der Waals surface area contributed by atoms with Gasteiger partial charge in [0.25, 0.3) is 0 Å². The maximum Gasteiger partial charge on any atom is 0.160 e. The molecule has 13 rings (SSSR count). The van der Waals surface area contributed by atoms with E-state index in [2.05, 4.69) is 152 Å². The normalized spacial score (nSPS) is 16.8. The molecule has 0 aliphatic heterocycles. The summed E-state index contributed by atoms with van der Waals surface area (Å²) in [6.45, 7) is 0. The molecule has 0 amide bonds. The van der Waals surface area contributed by atoms with Gasteiger partial charge in [-0.2, -0.15) is 0 Å². The molecule has 61 heavy (non-hydrogen) atoms. The first-order valence-corrected chi connectivity index (χ1v) is 23.4. The van der Waals surface area contributed by atoms with Gasteiger partial charge >= 0.3 is 0 Å². The van der Waals surface area contributed by atoms with Crippen LogP contribution in [0.4, 0.5) is 0 Å². The van der Waals surface area contributed by atoms with Crippen molar-refractivity contribution in [2.24, 2.45) is 0 Å². The van der Waals surface area contributed by atoms with E-state index in [0.29, 0.717) is 0 Å². The molecular formula is C58H46N2S. The van der Waals surface area contributed by atoms with E-state index in [9.17, 15) is 0 Å². The summed E-state index contributed by atoms with van der Waals surface area (Å²) < 4.78 is 2.56. The van der Waals surface area contributed by atoms with Crippen molar-refractivity contribution in [3.8, 4) is 67.3 Å². The van der Waals surface area contributed by atoms with E-state index in [0.717, 1.165) is 33.9 Å². The van der Waals surface area contributed by atoms with Crippen LogP contribution in [0.25, 0.3) is 87.5 Å². The first-order valence-electron chi connectivity index (χ1n) is 22.6. The van der Waals surface area contributed by atoms with Gasteiger partial charge in [0.15, 0.2) is 5.82 Å². The van der Waals surface area contributed by atoms with E-state index in [4.69, 9.17) is 9.97 Å². The van der Waals surface area contributed by atoms with Crippen LogP contribution in [-0.2, 0) is 10.8 Å². The summed E-state index contributed by atoms with van der Waals surface area (Å²) in [5, 5.41) is 2.58. The number of thiophene rings is 1. The van der Waals surface area contributed by atoms with Crippen LogP contribution in [0.1, 0.15) is 86.5 Å². The lowest BCUT2D eigenvalue weighted by Crippen LogP contribution is -2.29. The third-order valence-corrected chi connectivity index (χ3v) is 16.3. The molecule has 3 heteroatoms. The molecule has 2 spiro atoms. The van der Waals surface area contributed by atoms with Gasteiger partial charge in [-0.05, 0) is 118 Å². The zero-order valence-electron chi connectivity index (χ0n) is 34.4. The van der Waals surface area contributed by atoms with E-state index in [1.54, 1.807) is 22.3 Å². The fourth-order valence-electron chi connectivity index (χ4n) is 12.3. The van der Waals surface area contributed by atoms with Crippen LogP contribution in [0.15, 0.2) is 158 Å². The minimum atomic E-state index is 0.111. The smallest absolute Gasteiger partial charge is 0.160 e. The number of rotatable bonds is 4. The van der Waals surface area contributed by atoms with Crippen molar-refractivity contribution in [3.63, 3.8) is 0 Å². The van der Waals surface area contributed by atoms with Crippen LogP contribution in [0.2, 0.25) is 0 Å². The third kappa shape index (κ3) is 5.32. The van der Waals surface area contributed by atoms with Gasteiger partial charge in [0, 0.05) is 47.7 Å². The number of aromatic nitrogens is 2. The Morgan fingerprint density at radius 1 is 0.361 bits per heavy atom. The lowest BCUT2D eigenvalue weighted by atomic mass is 9.66. The van der Waals surface area contributed by atoms with E-state index < -0.39 is 0 Å². The Bertz CT molecular complexity index is 3140. The molecule has 0 radical (unpaired) electrons. The Balaban J connectivity index is 0.947. The van der Waals surface area contributed by atoms with Gasteiger partial charge < -0.3 is 0 Å². The zero-order chi connectivity index (χ0) is 40.1. The monoisotopic (exact) mass is 802 g/mol. The molecule has 7 aromatic carbocycles. The summed E-state index contributed by atoms with van der Waals surface area (Å²) >= 11 is 1.87. The van der Waals surface area contributed by atoms with Crippen LogP contribution in [-0.4, -0.2) is 9.97 Å². The summed E-state index contributed by atoms with van der Waals surface area (Å²) in [6, 6.07) is 59.3. The van der Waals surface area contributed by atoms with Crippen LogP contribution >= 0.6 is 11.3 Å². The fraction of sp³-hybridized carbons (Fsp3) is 0.207. The Morgan fingerprint density at radius 3 is 1.67 bits per heavy atom. The molecule has 0 N–H and O–H groups in total. The Kier molecular flexibility index (Phi) is 7.98. The Hall–Kier alpha value is -6.16. The number of nitrogens with zero attached hydrogens (tertiary/aromatic N) is 2. The van der Waals surface area contributed by atoms with Crippen LogP contribution in [0, 0.1) is 0 Å². The van der Waals surface area contributed by atoms with Gasteiger partial charge in [0.2, 0.25) is 0 Å². The number of hydrogen-bond acceptors (Lipinski definition) is 3. The van der Waals surface area contributed by atoms with Gasteiger partial charge in [0.1, 0.15) is 0 Å². The molecule has 2 aromatic heterocycles. The molecule has 0 unspecified atom stereocenters. The number of fused-ring (bicyclic) bond motifs is 13. The lowest BCUT2D eigenvalue weighted by molar-refractivity contribution is 0.350. The highest BCUT2D eigenvalue weighted by molar-refractivity contribution is 7.26. The van der Waals surface area contributed by atoms with Gasteiger partial charge in [-0.15, -0.1) is 11.3 Å². The maximum atomic E-state index is 5.23. The molecule has 9 aromatic rings. The van der Waals surface area contributed by atoms with Crippen LogP contribution in [0.5, 0.6) is 0 Å². The van der Waals surface area contributed by atoms with Gasteiger partial charge in [-0.3, -0.25) is 0 Å². The quantitative estimate of drug-likeness (QED) is 0.177. The predicted octanol–water partition coefficient (Wildman–Crippen LogP) is 16.0. The molecular weight excluding hydrogens is 757 g/mol. The summed E-state index contributed by atoms with van der Waals surface area (Å²) in [7, 11) is 0. The van der Waals surface area contributed by atoms with Gasteiger partial charge in [0.05, 0.1) is 11.4 Å². The summed E-state index contributed by atoms with van der Waals surface area (Å²) in [4.78, 5) is 10.3. The average Bonchev–Trinajstić information content (AvgIpc) is 3.93. The number of hydrogen-bond donors (Lipinski definition) is 0. The molecule has 294 valence electrons. The minimum absolute atomic E-state index is 0.111. The van der Waals surface area contributed by atoms with Crippen molar-refractivity contribution in [2.75, 3.05) is 0 Å². The number of benzene rings is 7. The first-order chi connectivity index (χ1) is 30.2. The maximum absolute atomic E-state index is 5.23. The second kappa shape index (κ2) is 13.7. The first kappa shape index (κ1) is 35.6. The molecule has 2 saturated carbocycles. The zero-order valence-corrected chi connectivity index (χ0v) is 35.2. The summed E-state index contributed by atoms with van der Waals surface area (Å²) in [5.41, 5.74) is 20.4. The molecule has 2 nitrogen and oxygen atoms in total. The molecule has 2 fully saturated rings. The second-order valence-corrected chi connectivity index (χ2v) is 19.3. The fourth-order valence-corrected chi connectivity index (χ4v) is 13.5. The highest BCUT2D eigenvalue weighted by Crippen LogP contribution is 2.62. The molecule has 4 aliphatic rings. The van der Waals surface area contributed by atoms with E-state index >= 15 is 0 Å². The molecule has 4 aliphatic carbocycles. The standard InChI is InChI=1S/C58H46N2S/c1-5-16-37(17-6-1)52-36-53(60-56(59-52)38-18-7-2-8-19-38)43-22-15-21-42-47-33-40(25-27-54(47)61-55(42)43)39-24-26-49-44(32-39)46-35-50-45(34-51(46)58(49)30-13-4-14-31-58)41-20-9-10-23-48(41)57(50)28-11-3-12-29-57/h1-2,5-10,15-27,32-36H,3-4,11-14,28-31H2. The van der Waals surface area contributed by atoms with Crippen molar-refractivity contribution in [1.29, 1.82) is 0 Å². The lowest BCUT2D eigenvalue weighted by Gasteiger charge is -2.37. The van der Waals surface area contributed by atoms with Crippen LogP contribution in [0.3, 0.4) is 0 Å². The SMILES string of the molecule is c1ccc(-c2cc(-c3cccc4c3sc3ccc(-c5ccc6c(c5)-c5cc7c(cc5C65CCCCC5)-c5ccccc5C75CCCCC5)cc34)nc(-c3ccccc3)n2)cc1. The summed E-state index contributed by atoms with van der Waals surface area (Å²) in [5.74, 6) is 0.744. The largest absolute Gasteiger partial charge is 0.228 e. The van der Waals surface area contributed by atoms with Crippen molar-refractivity contribution in [3.05, 3.63) is 180 Å². The molecule has 0 saturated heterocycles.